The van der Waals surface area contributed by atoms with Gasteiger partial charge in [-0.1, -0.05) is 12.1 Å². The fourth-order valence-corrected chi connectivity index (χ4v) is 2.43. The van der Waals surface area contributed by atoms with Crippen LogP contribution in [0.3, 0.4) is 0 Å². The molecule has 1 aliphatic rings. The summed E-state index contributed by atoms with van der Waals surface area (Å²) in [5.41, 5.74) is 7.14. The smallest absolute Gasteiger partial charge is 0.191 e. The molecule has 86 valence electrons. The molecule has 0 bridgehead atoms. The summed E-state index contributed by atoms with van der Waals surface area (Å²) < 4.78 is 0. The monoisotopic (exact) mass is 235 g/mol. The molecular formula is C12H17N3S. The first-order valence-corrected chi connectivity index (χ1v) is 6.69. The third kappa shape index (κ3) is 2.02. The van der Waals surface area contributed by atoms with Crippen molar-refractivity contribution < 1.29 is 0 Å². The van der Waals surface area contributed by atoms with E-state index in [0.29, 0.717) is 12.0 Å². The second-order valence-corrected chi connectivity index (χ2v) is 4.65. The third-order valence-electron chi connectivity index (χ3n) is 2.94. The van der Waals surface area contributed by atoms with Gasteiger partial charge in [0.1, 0.15) is 0 Å². The van der Waals surface area contributed by atoms with Gasteiger partial charge in [-0.15, -0.1) is 11.8 Å². The standard InChI is InChI=1S/C12H17N3S/c1-3-15-11(8-14-12(15)13)9-4-6-10(16-2)7-5-9/h4-7,11H,3,8H2,1-2H3,(H2,13,14). The van der Waals surface area contributed by atoms with E-state index < -0.39 is 0 Å². The molecule has 0 fully saturated rings. The zero-order chi connectivity index (χ0) is 11.5. The molecule has 3 nitrogen and oxygen atoms in total. The normalized spacial score (nSPS) is 20.0. The van der Waals surface area contributed by atoms with Crippen molar-refractivity contribution in [3.8, 4) is 0 Å². The van der Waals surface area contributed by atoms with Gasteiger partial charge in [0, 0.05) is 11.4 Å². The maximum atomic E-state index is 5.85. The molecule has 1 aliphatic heterocycles. The zero-order valence-corrected chi connectivity index (χ0v) is 10.5. The molecule has 0 radical (unpaired) electrons. The molecule has 1 aromatic rings. The van der Waals surface area contributed by atoms with E-state index in [1.807, 2.05) is 0 Å². The molecule has 2 N–H and O–H groups in total. The number of nitrogens with zero attached hydrogens (tertiary/aromatic N) is 2. The Morgan fingerprint density at radius 2 is 2.12 bits per heavy atom. The molecule has 1 aromatic carbocycles. The topological polar surface area (TPSA) is 41.6 Å². The van der Waals surface area contributed by atoms with E-state index in [4.69, 9.17) is 5.73 Å². The summed E-state index contributed by atoms with van der Waals surface area (Å²) in [6.07, 6.45) is 2.09. The van der Waals surface area contributed by atoms with Crippen LogP contribution in [0.2, 0.25) is 0 Å². The highest BCUT2D eigenvalue weighted by atomic mass is 32.2. The first-order valence-electron chi connectivity index (χ1n) is 5.46. The Labute approximate surface area is 101 Å². The number of aliphatic imine (C=N–C) groups is 1. The number of likely N-dealkylation sites (N-methyl/N-ethyl adjacent to an activating group) is 1. The highest BCUT2D eigenvalue weighted by molar-refractivity contribution is 7.98. The Morgan fingerprint density at radius 3 is 2.69 bits per heavy atom. The number of hydrogen-bond donors (Lipinski definition) is 1. The summed E-state index contributed by atoms with van der Waals surface area (Å²) in [7, 11) is 0. The second kappa shape index (κ2) is 4.78. The summed E-state index contributed by atoms with van der Waals surface area (Å²) in [5, 5.41) is 0. The summed E-state index contributed by atoms with van der Waals surface area (Å²) >= 11 is 1.76. The summed E-state index contributed by atoms with van der Waals surface area (Å²) in [4.78, 5) is 7.74. The second-order valence-electron chi connectivity index (χ2n) is 3.77. The van der Waals surface area contributed by atoms with Crippen LogP contribution in [0.1, 0.15) is 18.5 Å². The largest absolute Gasteiger partial charge is 0.370 e. The average molecular weight is 235 g/mol. The Balaban J connectivity index is 2.18. The van der Waals surface area contributed by atoms with Gasteiger partial charge in [-0.25, -0.2) is 0 Å². The van der Waals surface area contributed by atoms with Crippen LogP contribution in [-0.4, -0.2) is 30.2 Å². The minimum absolute atomic E-state index is 0.320. The lowest BCUT2D eigenvalue weighted by molar-refractivity contribution is 0.364. The summed E-state index contributed by atoms with van der Waals surface area (Å²) in [6.45, 7) is 3.79. The number of guanidine groups is 1. The minimum Gasteiger partial charge on any atom is -0.370 e. The van der Waals surface area contributed by atoms with Gasteiger partial charge in [-0.3, -0.25) is 4.99 Å². The first kappa shape index (κ1) is 11.3. The van der Waals surface area contributed by atoms with Crippen molar-refractivity contribution in [2.75, 3.05) is 19.3 Å². The molecule has 0 aromatic heterocycles. The lowest BCUT2D eigenvalue weighted by atomic mass is 10.1. The predicted molar refractivity (Wildman–Crippen MR) is 69.8 cm³/mol. The fraction of sp³-hybridized carbons (Fsp3) is 0.417. The van der Waals surface area contributed by atoms with Crippen molar-refractivity contribution in [1.29, 1.82) is 0 Å². The van der Waals surface area contributed by atoms with E-state index in [2.05, 4.69) is 47.3 Å². The van der Waals surface area contributed by atoms with Crippen molar-refractivity contribution in [1.82, 2.24) is 4.90 Å². The van der Waals surface area contributed by atoms with Gasteiger partial charge in [0.25, 0.3) is 0 Å². The van der Waals surface area contributed by atoms with Crippen LogP contribution >= 0.6 is 11.8 Å². The molecule has 1 atom stereocenters. The van der Waals surface area contributed by atoms with Crippen LogP contribution < -0.4 is 5.73 Å². The van der Waals surface area contributed by atoms with Crippen LogP contribution in [0.25, 0.3) is 0 Å². The van der Waals surface area contributed by atoms with Gasteiger partial charge in [0.05, 0.1) is 12.6 Å². The Hall–Kier alpha value is -1.16. The highest BCUT2D eigenvalue weighted by Gasteiger charge is 2.25. The molecular weight excluding hydrogens is 218 g/mol. The van der Waals surface area contributed by atoms with E-state index in [0.717, 1.165) is 13.1 Å². The lowest BCUT2D eigenvalue weighted by Gasteiger charge is -2.25. The van der Waals surface area contributed by atoms with Crippen LogP contribution in [0.15, 0.2) is 34.2 Å². The maximum absolute atomic E-state index is 5.85. The highest BCUT2D eigenvalue weighted by Crippen LogP contribution is 2.26. The van der Waals surface area contributed by atoms with Gasteiger partial charge in [0.15, 0.2) is 5.96 Å². The van der Waals surface area contributed by atoms with Gasteiger partial charge >= 0.3 is 0 Å². The molecule has 4 heteroatoms. The minimum atomic E-state index is 0.320. The van der Waals surface area contributed by atoms with Gasteiger partial charge in [-0.05, 0) is 30.9 Å². The van der Waals surface area contributed by atoms with Crippen LogP contribution in [-0.2, 0) is 0 Å². The molecule has 16 heavy (non-hydrogen) atoms. The molecule has 0 amide bonds. The number of rotatable bonds is 3. The molecule has 0 spiro atoms. The number of hydrogen-bond acceptors (Lipinski definition) is 4. The zero-order valence-electron chi connectivity index (χ0n) is 9.68. The summed E-state index contributed by atoms with van der Waals surface area (Å²) in [6, 6.07) is 8.98. The molecule has 0 saturated heterocycles. The number of thioether (sulfide) groups is 1. The average Bonchev–Trinajstić information content (AvgIpc) is 2.70. The van der Waals surface area contributed by atoms with Crippen molar-refractivity contribution in [3.05, 3.63) is 29.8 Å². The molecule has 1 heterocycles. The Kier molecular flexibility index (Phi) is 3.39. The molecule has 2 rings (SSSR count). The van der Waals surface area contributed by atoms with E-state index in [1.54, 1.807) is 11.8 Å². The van der Waals surface area contributed by atoms with E-state index in [-0.39, 0.29) is 0 Å². The Morgan fingerprint density at radius 1 is 1.44 bits per heavy atom. The number of benzene rings is 1. The first-order chi connectivity index (χ1) is 7.76. The molecule has 0 aliphatic carbocycles. The van der Waals surface area contributed by atoms with E-state index >= 15 is 0 Å². The van der Waals surface area contributed by atoms with Crippen LogP contribution in [0, 0.1) is 0 Å². The third-order valence-corrected chi connectivity index (χ3v) is 3.68. The maximum Gasteiger partial charge on any atom is 0.191 e. The summed E-state index contributed by atoms with van der Waals surface area (Å²) in [5.74, 6) is 0.668. The van der Waals surface area contributed by atoms with Crippen molar-refractivity contribution in [3.63, 3.8) is 0 Å². The fourth-order valence-electron chi connectivity index (χ4n) is 2.02. The van der Waals surface area contributed by atoms with Crippen molar-refractivity contribution in [2.45, 2.75) is 17.9 Å². The van der Waals surface area contributed by atoms with Crippen LogP contribution in [0.4, 0.5) is 0 Å². The molecule has 1 unspecified atom stereocenters. The Bertz CT molecular complexity index is 386. The molecule has 0 saturated carbocycles. The van der Waals surface area contributed by atoms with Crippen molar-refractivity contribution in [2.24, 2.45) is 10.7 Å². The number of nitrogens with two attached hydrogens (primary N) is 1. The quantitative estimate of drug-likeness (QED) is 0.816. The van der Waals surface area contributed by atoms with E-state index in [9.17, 15) is 0 Å². The van der Waals surface area contributed by atoms with Gasteiger partial charge < -0.3 is 10.6 Å². The SMILES string of the molecule is CCN1C(N)=NCC1c1ccc(SC)cc1. The van der Waals surface area contributed by atoms with Crippen molar-refractivity contribution >= 4 is 17.7 Å². The van der Waals surface area contributed by atoms with E-state index in [1.165, 1.54) is 10.5 Å². The van der Waals surface area contributed by atoms with Gasteiger partial charge in [-0.2, -0.15) is 0 Å². The van der Waals surface area contributed by atoms with Gasteiger partial charge in [0.2, 0.25) is 0 Å². The predicted octanol–water partition coefficient (Wildman–Crippen LogP) is 2.10. The lowest BCUT2D eigenvalue weighted by Crippen LogP contribution is -2.35. The van der Waals surface area contributed by atoms with Crippen LogP contribution in [0.5, 0.6) is 0 Å².